The molecule has 1 aliphatic heterocycles. The van der Waals surface area contributed by atoms with Gasteiger partial charge in [0.05, 0.1) is 18.1 Å². The van der Waals surface area contributed by atoms with Gasteiger partial charge in [-0.25, -0.2) is 12.8 Å². The zero-order chi connectivity index (χ0) is 33.9. The Morgan fingerprint density at radius 3 is 2.25 bits per heavy atom. The fourth-order valence-electron chi connectivity index (χ4n) is 5.29. The number of anilines is 1. The maximum absolute atomic E-state index is 13.9. The molecular weight excluding hydrogens is 637 g/mol. The number of nitrogens with zero attached hydrogens (tertiary/aromatic N) is 1. The Kier molecular flexibility index (Phi) is 11.6. The third-order valence-corrected chi connectivity index (χ3v) is 9.30. The van der Waals surface area contributed by atoms with Crippen molar-refractivity contribution in [3.8, 4) is 11.5 Å². The van der Waals surface area contributed by atoms with Crippen molar-refractivity contribution in [3.05, 3.63) is 120 Å². The standard InChI is InChI=1S/C36H38FN3O7S/c1-45-30-15-9-27(10-16-30)24-40(34(22-26-6-3-2-4-7-26)36(42)38-23-32-8-5-21-46-32)35(41)25-47-31-17-19-33(20-18-31)48(43,44)39-29-13-11-28(37)12-14-29/h2-4,6-7,9-20,32,34,39H,5,8,21-25H2,1H3,(H,38,42). The number of nitrogens with one attached hydrogen (secondary N) is 2. The van der Waals surface area contributed by atoms with Crippen LogP contribution in [-0.2, 0) is 37.3 Å². The summed E-state index contributed by atoms with van der Waals surface area (Å²) in [7, 11) is -2.39. The predicted molar refractivity (Wildman–Crippen MR) is 179 cm³/mol. The van der Waals surface area contributed by atoms with E-state index in [1.54, 1.807) is 19.2 Å². The molecule has 4 aromatic carbocycles. The molecule has 0 aromatic heterocycles. The molecule has 2 atom stereocenters. The summed E-state index contributed by atoms with van der Waals surface area (Å²) in [6, 6.07) is 26.4. The van der Waals surface area contributed by atoms with Gasteiger partial charge in [0.25, 0.3) is 15.9 Å². The van der Waals surface area contributed by atoms with Crippen molar-refractivity contribution in [1.82, 2.24) is 10.2 Å². The Labute approximate surface area is 279 Å². The lowest BCUT2D eigenvalue weighted by Crippen LogP contribution is -2.52. The van der Waals surface area contributed by atoms with Crippen molar-refractivity contribution >= 4 is 27.5 Å². The van der Waals surface area contributed by atoms with E-state index in [1.807, 2.05) is 42.5 Å². The van der Waals surface area contributed by atoms with Crippen LogP contribution in [0.3, 0.4) is 0 Å². The minimum atomic E-state index is -3.96. The van der Waals surface area contributed by atoms with E-state index >= 15 is 0 Å². The van der Waals surface area contributed by atoms with E-state index in [9.17, 15) is 22.4 Å². The SMILES string of the molecule is COc1ccc(CN(C(=O)COc2ccc(S(=O)(=O)Nc3ccc(F)cc3)cc2)C(Cc2ccccc2)C(=O)NCC2CCCO2)cc1. The molecule has 1 fully saturated rings. The molecule has 2 N–H and O–H groups in total. The molecule has 2 unspecified atom stereocenters. The Morgan fingerprint density at radius 2 is 1.60 bits per heavy atom. The van der Waals surface area contributed by atoms with E-state index in [2.05, 4.69) is 10.0 Å². The van der Waals surface area contributed by atoms with Crippen LogP contribution in [0, 0.1) is 5.82 Å². The first-order valence-electron chi connectivity index (χ1n) is 15.6. The first kappa shape index (κ1) is 34.4. The summed E-state index contributed by atoms with van der Waals surface area (Å²) in [5.41, 5.74) is 1.88. The topological polar surface area (TPSA) is 123 Å². The lowest BCUT2D eigenvalue weighted by atomic mass is 10.0. The van der Waals surface area contributed by atoms with E-state index < -0.39 is 34.4 Å². The van der Waals surface area contributed by atoms with E-state index in [4.69, 9.17) is 14.2 Å². The zero-order valence-corrected chi connectivity index (χ0v) is 27.3. The quantitative estimate of drug-likeness (QED) is 0.183. The summed E-state index contributed by atoms with van der Waals surface area (Å²) in [6.45, 7) is 0.727. The molecule has 48 heavy (non-hydrogen) atoms. The van der Waals surface area contributed by atoms with E-state index in [-0.39, 0.29) is 41.3 Å². The third-order valence-electron chi connectivity index (χ3n) is 7.90. The molecule has 0 radical (unpaired) electrons. The number of methoxy groups -OCH3 is 1. The van der Waals surface area contributed by atoms with Crippen molar-refractivity contribution in [2.75, 3.05) is 31.6 Å². The number of ether oxygens (including phenoxy) is 3. The summed E-state index contributed by atoms with van der Waals surface area (Å²) in [4.78, 5) is 29.2. The molecule has 0 saturated carbocycles. The molecule has 0 aliphatic carbocycles. The van der Waals surface area contributed by atoms with Crippen LogP contribution in [0.2, 0.25) is 0 Å². The van der Waals surface area contributed by atoms with Crippen molar-refractivity contribution in [2.24, 2.45) is 0 Å². The van der Waals surface area contributed by atoms with Crippen LogP contribution in [0.4, 0.5) is 10.1 Å². The molecule has 10 nitrogen and oxygen atoms in total. The Balaban J connectivity index is 1.33. The molecule has 0 spiro atoms. The highest BCUT2D eigenvalue weighted by atomic mass is 32.2. The number of sulfonamides is 1. The van der Waals surface area contributed by atoms with Crippen molar-refractivity contribution in [2.45, 2.75) is 42.8 Å². The first-order valence-corrected chi connectivity index (χ1v) is 17.1. The zero-order valence-electron chi connectivity index (χ0n) is 26.5. The lowest BCUT2D eigenvalue weighted by molar-refractivity contribution is -0.143. The molecule has 2 amide bonds. The fourth-order valence-corrected chi connectivity index (χ4v) is 6.35. The first-order chi connectivity index (χ1) is 23.2. The Hall–Kier alpha value is -4.94. The number of hydrogen-bond donors (Lipinski definition) is 2. The van der Waals surface area contributed by atoms with Crippen molar-refractivity contribution < 1.29 is 36.6 Å². The number of carbonyl (C=O) groups excluding carboxylic acids is 2. The van der Waals surface area contributed by atoms with Crippen LogP contribution < -0.4 is 19.5 Å². The summed E-state index contributed by atoms with van der Waals surface area (Å²) in [5, 5.41) is 3.00. The van der Waals surface area contributed by atoms with Gasteiger partial charge in [0.2, 0.25) is 5.91 Å². The molecule has 1 aliphatic rings. The predicted octanol–water partition coefficient (Wildman–Crippen LogP) is 4.95. The minimum Gasteiger partial charge on any atom is -0.497 e. The Bertz CT molecular complexity index is 1750. The second-order valence-corrected chi connectivity index (χ2v) is 13.0. The van der Waals surface area contributed by atoms with E-state index in [0.29, 0.717) is 18.9 Å². The van der Waals surface area contributed by atoms with E-state index in [1.165, 1.54) is 41.3 Å². The highest BCUT2D eigenvalue weighted by molar-refractivity contribution is 7.92. The summed E-state index contributed by atoms with van der Waals surface area (Å²) < 4.78 is 58.1. The smallest absolute Gasteiger partial charge is 0.261 e. The monoisotopic (exact) mass is 675 g/mol. The number of benzene rings is 4. The van der Waals surface area contributed by atoms with Crippen molar-refractivity contribution in [1.29, 1.82) is 0 Å². The maximum Gasteiger partial charge on any atom is 0.261 e. The summed E-state index contributed by atoms with van der Waals surface area (Å²) in [6.07, 6.45) is 1.99. The van der Waals surface area contributed by atoms with Gasteiger partial charge in [0.15, 0.2) is 6.61 Å². The van der Waals surface area contributed by atoms with Gasteiger partial charge < -0.3 is 24.4 Å². The van der Waals surface area contributed by atoms with Gasteiger partial charge >= 0.3 is 0 Å². The number of hydrogen-bond acceptors (Lipinski definition) is 7. The molecule has 12 heteroatoms. The van der Waals surface area contributed by atoms with Crippen molar-refractivity contribution in [3.63, 3.8) is 0 Å². The normalized spacial score (nSPS) is 14.9. The molecule has 0 bridgehead atoms. The second-order valence-electron chi connectivity index (χ2n) is 11.3. The van der Waals surface area contributed by atoms with Gasteiger partial charge in [-0.1, -0.05) is 42.5 Å². The summed E-state index contributed by atoms with van der Waals surface area (Å²) >= 11 is 0. The fraction of sp³-hybridized carbons (Fsp3) is 0.278. The van der Waals surface area contributed by atoms with E-state index in [0.717, 1.165) is 36.1 Å². The van der Waals surface area contributed by atoms with Crippen LogP contribution >= 0.6 is 0 Å². The van der Waals surface area contributed by atoms with Crippen LogP contribution in [0.25, 0.3) is 0 Å². The second kappa shape index (κ2) is 16.2. The van der Waals surface area contributed by atoms with Gasteiger partial charge in [-0.15, -0.1) is 0 Å². The largest absolute Gasteiger partial charge is 0.497 e. The average Bonchev–Trinajstić information content (AvgIpc) is 3.63. The highest BCUT2D eigenvalue weighted by Crippen LogP contribution is 2.22. The number of halogens is 1. The van der Waals surface area contributed by atoms with Gasteiger partial charge in [-0.3, -0.25) is 14.3 Å². The van der Waals surface area contributed by atoms with Crippen LogP contribution in [0.1, 0.15) is 24.0 Å². The molecule has 1 saturated heterocycles. The highest BCUT2D eigenvalue weighted by Gasteiger charge is 2.31. The lowest BCUT2D eigenvalue weighted by Gasteiger charge is -2.32. The number of carbonyl (C=O) groups is 2. The summed E-state index contributed by atoms with van der Waals surface area (Å²) in [5.74, 6) is -0.306. The molecule has 4 aromatic rings. The average molecular weight is 676 g/mol. The molecule has 1 heterocycles. The minimum absolute atomic E-state index is 0.0440. The Morgan fingerprint density at radius 1 is 0.917 bits per heavy atom. The van der Waals surface area contributed by atoms with Gasteiger partial charge in [0.1, 0.15) is 23.4 Å². The number of rotatable bonds is 15. The molecule has 5 rings (SSSR count). The van der Waals surface area contributed by atoms with Gasteiger partial charge in [0, 0.05) is 31.8 Å². The molecule has 252 valence electrons. The molecular formula is C36H38FN3O7S. The van der Waals surface area contributed by atoms with Crippen LogP contribution in [0.15, 0.2) is 108 Å². The third kappa shape index (κ3) is 9.55. The van der Waals surface area contributed by atoms with Gasteiger partial charge in [-0.05, 0) is 84.6 Å². The van der Waals surface area contributed by atoms with Crippen LogP contribution in [0.5, 0.6) is 11.5 Å². The van der Waals surface area contributed by atoms with Gasteiger partial charge in [-0.2, -0.15) is 0 Å². The maximum atomic E-state index is 13.9. The number of amides is 2. The van der Waals surface area contributed by atoms with Crippen LogP contribution in [-0.4, -0.2) is 64.1 Å².